The van der Waals surface area contributed by atoms with E-state index in [2.05, 4.69) is 0 Å². The molecule has 0 spiro atoms. The summed E-state index contributed by atoms with van der Waals surface area (Å²) in [5, 5.41) is 2.39. The van der Waals surface area contributed by atoms with Crippen LogP contribution < -0.4 is 0 Å². The summed E-state index contributed by atoms with van der Waals surface area (Å²) in [5.74, 6) is 0.304. The van der Waals surface area contributed by atoms with E-state index in [0.29, 0.717) is 29.6 Å². The van der Waals surface area contributed by atoms with Crippen LogP contribution in [-0.2, 0) is 33.1 Å². The summed E-state index contributed by atoms with van der Waals surface area (Å²) in [6, 6.07) is 16.4. The van der Waals surface area contributed by atoms with Crippen LogP contribution in [0.4, 0.5) is 0 Å². The summed E-state index contributed by atoms with van der Waals surface area (Å²) in [6.45, 7) is 3.30. The summed E-state index contributed by atoms with van der Waals surface area (Å²) >= 11 is 7.79. The second-order valence-electron chi connectivity index (χ2n) is 8.53. The van der Waals surface area contributed by atoms with Gasteiger partial charge >= 0.3 is 0 Å². The van der Waals surface area contributed by atoms with Gasteiger partial charge in [0.05, 0.1) is 9.79 Å². The van der Waals surface area contributed by atoms with Crippen molar-refractivity contribution in [1.82, 2.24) is 8.61 Å². The zero-order chi connectivity index (χ0) is 24.3. The van der Waals surface area contributed by atoms with Crippen LogP contribution in [0.2, 0.25) is 5.02 Å². The van der Waals surface area contributed by atoms with Crippen molar-refractivity contribution in [1.29, 1.82) is 0 Å². The highest BCUT2D eigenvalue weighted by Gasteiger charge is 2.30. The van der Waals surface area contributed by atoms with Gasteiger partial charge in [0, 0.05) is 36.1 Å². The molecule has 0 saturated carbocycles. The maximum absolute atomic E-state index is 13.6. The van der Waals surface area contributed by atoms with Gasteiger partial charge in [-0.2, -0.15) is 8.61 Å². The molecule has 1 fully saturated rings. The van der Waals surface area contributed by atoms with Gasteiger partial charge in [-0.25, -0.2) is 16.8 Å². The van der Waals surface area contributed by atoms with E-state index in [-0.39, 0.29) is 22.9 Å². The van der Waals surface area contributed by atoms with E-state index in [9.17, 15) is 16.8 Å². The van der Waals surface area contributed by atoms with E-state index >= 15 is 0 Å². The number of rotatable bonds is 8. The lowest BCUT2D eigenvalue weighted by Crippen LogP contribution is -2.39. The van der Waals surface area contributed by atoms with Crippen LogP contribution in [0.25, 0.3) is 0 Å². The van der Waals surface area contributed by atoms with Crippen molar-refractivity contribution in [2.45, 2.75) is 42.6 Å². The minimum atomic E-state index is -3.92. The molecular formula is C24H27ClN2O4S3. The van der Waals surface area contributed by atoms with Crippen LogP contribution in [0, 0.1) is 5.92 Å². The van der Waals surface area contributed by atoms with Crippen LogP contribution >= 0.6 is 22.9 Å². The van der Waals surface area contributed by atoms with Gasteiger partial charge in [0.25, 0.3) is 0 Å². The molecule has 0 N–H and O–H groups in total. The van der Waals surface area contributed by atoms with Crippen molar-refractivity contribution in [2.75, 3.05) is 13.1 Å². The van der Waals surface area contributed by atoms with Crippen molar-refractivity contribution >= 4 is 43.0 Å². The minimum absolute atomic E-state index is 0.0436. The van der Waals surface area contributed by atoms with Crippen molar-refractivity contribution < 1.29 is 16.8 Å². The molecule has 1 atom stereocenters. The second-order valence-corrected chi connectivity index (χ2v) is 13.8. The summed E-state index contributed by atoms with van der Waals surface area (Å²) in [7, 11) is -7.58. The lowest BCUT2D eigenvalue weighted by molar-refractivity contribution is 0.281. The number of sulfonamides is 2. The number of hydrogen-bond acceptors (Lipinski definition) is 5. The molecule has 4 rings (SSSR count). The van der Waals surface area contributed by atoms with Gasteiger partial charge < -0.3 is 0 Å². The highest BCUT2D eigenvalue weighted by atomic mass is 35.5. The second kappa shape index (κ2) is 10.5. The molecule has 3 aromatic rings. The summed E-state index contributed by atoms with van der Waals surface area (Å²) < 4.78 is 56.2. The van der Waals surface area contributed by atoms with E-state index in [1.807, 2.05) is 30.5 Å². The average molecular weight is 539 g/mol. The largest absolute Gasteiger partial charge is 0.243 e. The molecule has 1 aliphatic heterocycles. The van der Waals surface area contributed by atoms with Gasteiger partial charge in [0.15, 0.2) is 0 Å². The number of thiophene rings is 1. The Bertz CT molecular complexity index is 1320. The Morgan fingerprint density at radius 1 is 0.971 bits per heavy atom. The summed E-state index contributed by atoms with van der Waals surface area (Å²) in [4.78, 5) is 1.05. The molecule has 1 aromatic heterocycles. The van der Waals surface area contributed by atoms with E-state index in [4.69, 9.17) is 11.6 Å². The molecule has 2 heterocycles. The molecule has 0 amide bonds. The molecule has 0 aliphatic carbocycles. The van der Waals surface area contributed by atoms with Gasteiger partial charge in [-0.15, -0.1) is 11.3 Å². The zero-order valence-corrected chi connectivity index (χ0v) is 22.0. The number of hydrogen-bond donors (Lipinski definition) is 0. The number of benzene rings is 2. The molecule has 0 radical (unpaired) electrons. The molecular weight excluding hydrogens is 512 g/mol. The van der Waals surface area contributed by atoms with Crippen molar-refractivity contribution in [2.24, 2.45) is 5.92 Å². The highest BCUT2D eigenvalue weighted by Crippen LogP contribution is 2.28. The molecule has 182 valence electrons. The zero-order valence-electron chi connectivity index (χ0n) is 18.8. The number of piperidine rings is 1. The Balaban J connectivity index is 1.63. The Morgan fingerprint density at radius 2 is 1.68 bits per heavy atom. The van der Waals surface area contributed by atoms with Gasteiger partial charge in [0.1, 0.15) is 0 Å². The van der Waals surface area contributed by atoms with Crippen LogP contribution in [0.15, 0.2) is 75.8 Å². The Morgan fingerprint density at radius 3 is 2.32 bits per heavy atom. The first-order valence-electron chi connectivity index (χ1n) is 11.0. The molecule has 34 heavy (non-hydrogen) atoms. The Hall–Kier alpha value is -1.75. The summed E-state index contributed by atoms with van der Waals surface area (Å²) in [6.07, 6.45) is 1.83. The fourth-order valence-corrected chi connectivity index (χ4v) is 8.06. The maximum atomic E-state index is 13.6. The van der Waals surface area contributed by atoms with Crippen molar-refractivity contribution in [3.8, 4) is 0 Å². The first-order valence-corrected chi connectivity index (χ1v) is 15.2. The maximum Gasteiger partial charge on any atom is 0.243 e. The van der Waals surface area contributed by atoms with E-state index < -0.39 is 20.0 Å². The van der Waals surface area contributed by atoms with E-state index in [1.54, 1.807) is 18.2 Å². The predicted molar refractivity (Wildman–Crippen MR) is 136 cm³/mol. The smallest absolute Gasteiger partial charge is 0.207 e. The molecule has 0 unspecified atom stereocenters. The summed E-state index contributed by atoms with van der Waals surface area (Å²) in [5.41, 5.74) is 0.697. The predicted octanol–water partition coefficient (Wildman–Crippen LogP) is 5.21. The van der Waals surface area contributed by atoms with Crippen LogP contribution in [0.1, 0.15) is 30.2 Å². The molecule has 1 saturated heterocycles. The minimum Gasteiger partial charge on any atom is -0.207 e. The first-order chi connectivity index (χ1) is 16.2. The van der Waals surface area contributed by atoms with Crippen LogP contribution in [0.3, 0.4) is 0 Å². The standard InChI is InChI=1S/C24H27ClN2O4S3/c1-19-6-4-14-26(16-19)33(28,29)22-10-12-23(13-11-22)34(30,31)27(18-21-8-5-15-32-21)17-20-7-2-3-9-24(20)25/h2-3,5,7-13,15,19H,4,6,14,16-18H2,1H3/t19-/m1/s1. The SMILES string of the molecule is C[C@@H]1CCCN(S(=O)(=O)c2ccc(S(=O)(=O)N(Cc3cccs3)Cc3ccccc3Cl)cc2)C1. The normalized spacial score (nSPS) is 17.8. The lowest BCUT2D eigenvalue weighted by atomic mass is 10.0. The van der Waals surface area contributed by atoms with Gasteiger partial charge in [-0.1, -0.05) is 42.8 Å². The number of nitrogens with zero attached hydrogens (tertiary/aromatic N) is 2. The lowest BCUT2D eigenvalue weighted by Gasteiger charge is -2.30. The third-order valence-electron chi connectivity index (χ3n) is 5.94. The third-order valence-corrected chi connectivity index (χ3v) is 10.9. The monoisotopic (exact) mass is 538 g/mol. The number of halogens is 1. The third kappa shape index (κ3) is 5.56. The molecule has 0 bridgehead atoms. The molecule has 10 heteroatoms. The van der Waals surface area contributed by atoms with Gasteiger partial charge in [0.2, 0.25) is 20.0 Å². The molecule has 1 aliphatic rings. The fraction of sp³-hybridized carbons (Fsp3) is 0.333. The van der Waals surface area contributed by atoms with Gasteiger partial charge in [-0.05, 0) is 66.1 Å². The highest BCUT2D eigenvalue weighted by molar-refractivity contribution is 7.89. The van der Waals surface area contributed by atoms with Gasteiger partial charge in [-0.3, -0.25) is 0 Å². The fourth-order valence-electron chi connectivity index (χ4n) is 4.07. The van der Waals surface area contributed by atoms with Crippen molar-refractivity contribution in [3.05, 3.63) is 81.5 Å². The van der Waals surface area contributed by atoms with Crippen LogP contribution in [0.5, 0.6) is 0 Å². The van der Waals surface area contributed by atoms with Crippen LogP contribution in [-0.4, -0.2) is 38.5 Å². The quantitative estimate of drug-likeness (QED) is 0.394. The Kier molecular flexibility index (Phi) is 7.81. The first kappa shape index (κ1) is 25.3. The average Bonchev–Trinajstić information content (AvgIpc) is 3.33. The van der Waals surface area contributed by atoms with Crippen molar-refractivity contribution in [3.63, 3.8) is 0 Å². The molecule has 6 nitrogen and oxygen atoms in total. The van der Waals surface area contributed by atoms with E-state index in [1.165, 1.54) is 44.2 Å². The molecule has 2 aromatic carbocycles. The topological polar surface area (TPSA) is 74.8 Å². The Labute approximate surface area is 210 Å². The van der Waals surface area contributed by atoms with E-state index in [0.717, 1.165) is 17.7 Å².